The molecule has 1 aliphatic rings. The monoisotopic (exact) mass is 318 g/mol. The van der Waals surface area contributed by atoms with Crippen molar-refractivity contribution in [2.24, 2.45) is 13.0 Å². The number of nitrogens with one attached hydrogen (secondary N) is 2. The Balaban J connectivity index is 1.77. The Morgan fingerprint density at radius 3 is 3.00 bits per heavy atom. The van der Waals surface area contributed by atoms with Crippen LogP contribution in [0.4, 0.5) is 5.69 Å². The Morgan fingerprint density at radius 1 is 1.45 bits per heavy atom. The number of aromatic nitrogens is 2. The number of nitrogens with zero attached hydrogens (tertiary/aromatic N) is 2. The maximum Gasteiger partial charge on any atom is 0.229 e. The van der Waals surface area contributed by atoms with Gasteiger partial charge in [-0.15, -0.1) is 0 Å². The van der Waals surface area contributed by atoms with Crippen LogP contribution < -0.4 is 10.6 Å². The highest BCUT2D eigenvalue weighted by atomic mass is 35.5. The van der Waals surface area contributed by atoms with Crippen LogP contribution in [0.3, 0.4) is 0 Å². The minimum atomic E-state index is -0.109. The lowest BCUT2D eigenvalue weighted by molar-refractivity contribution is -0.119. The summed E-state index contributed by atoms with van der Waals surface area (Å²) in [5.41, 5.74) is 2.87. The van der Waals surface area contributed by atoms with Gasteiger partial charge in [0.25, 0.3) is 0 Å². The molecule has 1 saturated heterocycles. The summed E-state index contributed by atoms with van der Waals surface area (Å²) in [6.45, 7) is 3.42. The van der Waals surface area contributed by atoms with Gasteiger partial charge in [-0.05, 0) is 30.2 Å². The molecule has 1 aromatic carbocycles. The largest absolute Gasteiger partial charge is 0.325 e. The maximum atomic E-state index is 12.6. The molecule has 1 fully saturated rings. The van der Waals surface area contributed by atoms with Crippen molar-refractivity contribution in [3.05, 3.63) is 46.7 Å². The number of benzene rings is 1. The van der Waals surface area contributed by atoms with Gasteiger partial charge in [-0.1, -0.05) is 17.7 Å². The fourth-order valence-corrected chi connectivity index (χ4v) is 3.06. The second-order valence-corrected chi connectivity index (χ2v) is 6.20. The average Bonchev–Trinajstić information content (AvgIpc) is 3.11. The fourth-order valence-electron chi connectivity index (χ4n) is 2.89. The first kappa shape index (κ1) is 15.1. The average molecular weight is 319 g/mol. The number of anilines is 1. The lowest BCUT2D eigenvalue weighted by atomic mass is 9.90. The number of carbonyl (C=O) groups is 1. The van der Waals surface area contributed by atoms with Crippen molar-refractivity contribution >= 4 is 23.2 Å². The van der Waals surface area contributed by atoms with Crippen LogP contribution in [0.2, 0.25) is 5.02 Å². The third-order valence-corrected chi connectivity index (χ3v) is 4.40. The van der Waals surface area contributed by atoms with E-state index in [0.29, 0.717) is 11.6 Å². The minimum Gasteiger partial charge on any atom is -0.325 e. The molecule has 2 atom stereocenters. The van der Waals surface area contributed by atoms with Gasteiger partial charge in [0, 0.05) is 43.0 Å². The Labute approximate surface area is 134 Å². The summed E-state index contributed by atoms with van der Waals surface area (Å²) < 4.78 is 1.77. The maximum absolute atomic E-state index is 12.6. The van der Waals surface area contributed by atoms with E-state index in [2.05, 4.69) is 15.7 Å². The summed E-state index contributed by atoms with van der Waals surface area (Å²) in [4.78, 5) is 12.6. The van der Waals surface area contributed by atoms with Gasteiger partial charge in [0.05, 0.1) is 12.1 Å². The molecule has 1 amide bonds. The quantitative estimate of drug-likeness (QED) is 0.913. The van der Waals surface area contributed by atoms with Gasteiger partial charge in [-0.25, -0.2) is 0 Å². The molecule has 1 aromatic heterocycles. The Bertz CT molecular complexity index is 697. The first-order valence-corrected chi connectivity index (χ1v) is 7.68. The molecular formula is C16H19ClN4O. The molecular weight excluding hydrogens is 300 g/mol. The molecule has 22 heavy (non-hydrogen) atoms. The van der Waals surface area contributed by atoms with Crippen LogP contribution in [-0.2, 0) is 11.8 Å². The fraction of sp³-hybridized carbons (Fsp3) is 0.375. The topological polar surface area (TPSA) is 59.0 Å². The number of amides is 1. The molecule has 0 radical (unpaired) electrons. The molecule has 2 aromatic rings. The predicted molar refractivity (Wildman–Crippen MR) is 87.1 cm³/mol. The van der Waals surface area contributed by atoms with E-state index in [9.17, 15) is 4.79 Å². The van der Waals surface area contributed by atoms with E-state index in [1.807, 2.05) is 38.5 Å². The number of hydrogen-bond donors (Lipinski definition) is 2. The zero-order valence-electron chi connectivity index (χ0n) is 12.6. The molecule has 0 aliphatic carbocycles. The summed E-state index contributed by atoms with van der Waals surface area (Å²) in [7, 11) is 1.89. The number of halogens is 1. The van der Waals surface area contributed by atoms with E-state index in [4.69, 9.17) is 11.6 Å². The van der Waals surface area contributed by atoms with E-state index in [1.54, 1.807) is 10.7 Å². The lowest BCUT2D eigenvalue weighted by Crippen LogP contribution is -2.28. The van der Waals surface area contributed by atoms with Gasteiger partial charge in [0.2, 0.25) is 5.91 Å². The molecule has 2 N–H and O–H groups in total. The van der Waals surface area contributed by atoms with Gasteiger partial charge in [-0.3, -0.25) is 9.48 Å². The molecule has 0 spiro atoms. The standard InChI is InChI=1S/C16H19ClN4O/c1-10-3-4-12(17)5-15(10)20-16(22)14-8-18-7-13(14)11-6-19-21(2)9-11/h3-6,9,13-14,18H,7-8H2,1-2H3,(H,20,22)/t13-,14+/m1/s1. The van der Waals surface area contributed by atoms with Crippen LogP contribution in [0.15, 0.2) is 30.6 Å². The van der Waals surface area contributed by atoms with E-state index in [-0.39, 0.29) is 17.7 Å². The van der Waals surface area contributed by atoms with E-state index in [0.717, 1.165) is 23.4 Å². The highest BCUT2D eigenvalue weighted by Crippen LogP contribution is 2.29. The van der Waals surface area contributed by atoms with Crippen LogP contribution in [0, 0.1) is 12.8 Å². The number of hydrogen-bond acceptors (Lipinski definition) is 3. The van der Waals surface area contributed by atoms with Crippen LogP contribution >= 0.6 is 11.6 Å². The van der Waals surface area contributed by atoms with E-state index < -0.39 is 0 Å². The van der Waals surface area contributed by atoms with Crippen molar-refractivity contribution in [1.29, 1.82) is 0 Å². The van der Waals surface area contributed by atoms with Crippen LogP contribution in [0.5, 0.6) is 0 Å². The highest BCUT2D eigenvalue weighted by Gasteiger charge is 2.34. The van der Waals surface area contributed by atoms with Crippen molar-refractivity contribution in [2.75, 3.05) is 18.4 Å². The Kier molecular flexibility index (Phi) is 4.18. The van der Waals surface area contributed by atoms with Crippen LogP contribution in [0.1, 0.15) is 17.0 Å². The van der Waals surface area contributed by atoms with Gasteiger partial charge in [-0.2, -0.15) is 5.10 Å². The molecule has 1 aliphatic heterocycles. The predicted octanol–water partition coefficient (Wildman–Crippen LogP) is 2.32. The number of aryl methyl sites for hydroxylation is 2. The summed E-state index contributed by atoms with van der Waals surface area (Å²) >= 11 is 6.01. The molecule has 5 nitrogen and oxygen atoms in total. The van der Waals surface area contributed by atoms with Crippen molar-refractivity contribution in [3.63, 3.8) is 0 Å². The van der Waals surface area contributed by atoms with Gasteiger partial charge < -0.3 is 10.6 Å². The van der Waals surface area contributed by atoms with E-state index >= 15 is 0 Å². The first-order chi connectivity index (χ1) is 10.5. The molecule has 3 rings (SSSR count). The molecule has 0 bridgehead atoms. The molecule has 116 valence electrons. The minimum absolute atomic E-state index is 0.0178. The summed E-state index contributed by atoms with van der Waals surface area (Å²) in [5.74, 6) is 0.0555. The van der Waals surface area contributed by atoms with Crippen molar-refractivity contribution < 1.29 is 4.79 Å². The van der Waals surface area contributed by atoms with Gasteiger partial charge >= 0.3 is 0 Å². The third kappa shape index (κ3) is 3.00. The molecule has 0 unspecified atom stereocenters. The normalized spacial score (nSPS) is 21.0. The Morgan fingerprint density at radius 2 is 2.27 bits per heavy atom. The third-order valence-electron chi connectivity index (χ3n) is 4.16. The zero-order valence-corrected chi connectivity index (χ0v) is 13.4. The second kappa shape index (κ2) is 6.10. The zero-order chi connectivity index (χ0) is 15.7. The van der Waals surface area contributed by atoms with E-state index in [1.165, 1.54) is 0 Å². The molecule has 6 heteroatoms. The van der Waals surface area contributed by atoms with Gasteiger partial charge in [0.15, 0.2) is 0 Å². The molecule has 0 saturated carbocycles. The van der Waals surface area contributed by atoms with Crippen molar-refractivity contribution in [3.8, 4) is 0 Å². The summed E-state index contributed by atoms with van der Waals surface area (Å²) in [6, 6.07) is 5.52. The van der Waals surface area contributed by atoms with Crippen LogP contribution in [-0.4, -0.2) is 28.8 Å². The summed E-state index contributed by atoms with van der Waals surface area (Å²) in [6.07, 6.45) is 3.81. The molecule has 2 heterocycles. The number of rotatable bonds is 3. The van der Waals surface area contributed by atoms with Crippen molar-refractivity contribution in [1.82, 2.24) is 15.1 Å². The SMILES string of the molecule is Cc1ccc(Cl)cc1NC(=O)[C@H]1CNC[C@@H]1c1cnn(C)c1. The lowest BCUT2D eigenvalue weighted by Gasteiger charge is -2.18. The van der Waals surface area contributed by atoms with Crippen LogP contribution in [0.25, 0.3) is 0 Å². The smallest absolute Gasteiger partial charge is 0.229 e. The highest BCUT2D eigenvalue weighted by molar-refractivity contribution is 6.31. The first-order valence-electron chi connectivity index (χ1n) is 7.31. The summed E-state index contributed by atoms with van der Waals surface area (Å²) in [5, 5.41) is 11.1. The van der Waals surface area contributed by atoms with Crippen molar-refractivity contribution in [2.45, 2.75) is 12.8 Å². The Hall–Kier alpha value is -1.85. The second-order valence-electron chi connectivity index (χ2n) is 5.77. The number of carbonyl (C=O) groups excluding carboxylic acids is 1. The van der Waals surface area contributed by atoms with Gasteiger partial charge in [0.1, 0.15) is 0 Å².